The van der Waals surface area contributed by atoms with Gasteiger partial charge in [0.1, 0.15) is 17.3 Å². The summed E-state index contributed by atoms with van der Waals surface area (Å²) in [5, 5.41) is 3.41. The SMILES string of the molecule is NC(=S)c1cc(NC2COc3ccccc32)ccn1. The molecule has 1 unspecified atom stereocenters. The quantitative estimate of drug-likeness (QED) is 0.839. The molecule has 0 aliphatic carbocycles. The van der Waals surface area contributed by atoms with Gasteiger partial charge in [0.15, 0.2) is 0 Å². The molecule has 1 aromatic carbocycles. The lowest BCUT2D eigenvalue weighted by Gasteiger charge is -2.13. The maximum Gasteiger partial charge on any atom is 0.124 e. The van der Waals surface area contributed by atoms with Gasteiger partial charge in [-0.05, 0) is 18.2 Å². The topological polar surface area (TPSA) is 60.2 Å². The number of anilines is 1. The van der Waals surface area contributed by atoms with Gasteiger partial charge >= 0.3 is 0 Å². The fourth-order valence-electron chi connectivity index (χ4n) is 2.14. The molecule has 0 fully saturated rings. The average molecular weight is 271 g/mol. The minimum atomic E-state index is 0.137. The average Bonchev–Trinajstić information content (AvgIpc) is 2.83. The molecule has 1 aliphatic heterocycles. The molecular formula is C14H13N3OS. The molecule has 96 valence electrons. The highest BCUT2D eigenvalue weighted by Gasteiger charge is 2.23. The van der Waals surface area contributed by atoms with Crippen molar-refractivity contribution in [2.24, 2.45) is 5.73 Å². The molecule has 0 spiro atoms. The lowest BCUT2D eigenvalue weighted by molar-refractivity contribution is 0.340. The van der Waals surface area contributed by atoms with E-state index in [1.165, 1.54) is 0 Å². The summed E-state index contributed by atoms with van der Waals surface area (Å²) in [7, 11) is 0. The highest BCUT2D eigenvalue weighted by atomic mass is 32.1. The van der Waals surface area contributed by atoms with Gasteiger partial charge in [-0.15, -0.1) is 0 Å². The number of rotatable bonds is 3. The lowest BCUT2D eigenvalue weighted by Crippen LogP contribution is -2.14. The zero-order valence-corrected chi connectivity index (χ0v) is 11.0. The van der Waals surface area contributed by atoms with E-state index in [2.05, 4.69) is 16.4 Å². The third kappa shape index (κ3) is 2.37. The van der Waals surface area contributed by atoms with Crippen molar-refractivity contribution < 1.29 is 4.74 Å². The highest BCUT2D eigenvalue weighted by molar-refractivity contribution is 7.80. The van der Waals surface area contributed by atoms with Crippen molar-refractivity contribution in [3.63, 3.8) is 0 Å². The molecule has 4 nitrogen and oxygen atoms in total. The van der Waals surface area contributed by atoms with Gasteiger partial charge in [-0.25, -0.2) is 0 Å². The molecule has 5 heteroatoms. The number of hydrogen-bond donors (Lipinski definition) is 2. The Bertz CT molecular complexity index is 630. The van der Waals surface area contributed by atoms with E-state index in [0.717, 1.165) is 17.0 Å². The Morgan fingerprint density at radius 2 is 2.21 bits per heavy atom. The molecule has 3 N–H and O–H groups in total. The number of para-hydroxylation sites is 1. The van der Waals surface area contributed by atoms with Gasteiger partial charge < -0.3 is 15.8 Å². The van der Waals surface area contributed by atoms with Crippen LogP contribution in [0.5, 0.6) is 5.75 Å². The normalized spacial score (nSPS) is 16.5. The number of hydrogen-bond acceptors (Lipinski definition) is 4. The molecule has 1 aliphatic rings. The van der Waals surface area contributed by atoms with E-state index in [1.807, 2.05) is 30.3 Å². The van der Waals surface area contributed by atoms with Crippen LogP contribution in [0.3, 0.4) is 0 Å². The first kappa shape index (κ1) is 11.9. The van der Waals surface area contributed by atoms with Crippen LogP contribution in [0.25, 0.3) is 0 Å². The largest absolute Gasteiger partial charge is 0.491 e. The second kappa shape index (κ2) is 4.85. The fraction of sp³-hybridized carbons (Fsp3) is 0.143. The van der Waals surface area contributed by atoms with Crippen LogP contribution in [0.4, 0.5) is 5.69 Å². The summed E-state index contributed by atoms with van der Waals surface area (Å²) in [6.45, 7) is 0.615. The van der Waals surface area contributed by atoms with E-state index < -0.39 is 0 Å². The molecule has 0 saturated heterocycles. The van der Waals surface area contributed by atoms with Crippen LogP contribution in [0.15, 0.2) is 42.6 Å². The predicted molar refractivity (Wildman–Crippen MR) is 78.4 cm³/mol. The maximum atomic E-state index is 5.63. The molecule has 0 saturated carbocycles. The Morgan fingerprint density at radius 1 is 1.37 bits per heavy atom. The standard InChI is InChI=1S/C14H13N3OS/c15-14(19)11-7-9(5-6-16-11)17-12-8-18-13-4-2-1-3-10(12)13/h1-7,12H,8H2,(H2,15,19)(H,16,17). The van der Waals surface area contributed by atoms with E-state index in [0.29, 0.717) is 17.3 Å². The molecule has 1 atom stereocenters. The molecule has 19 heavy (non-hydrogen) atoms. The molecule has 0 radical (unpaired) electrons. The Kier molecular flexibility index (Phi) is 3.05. The van der Waals surface area contributed by atoms with Crippen LogP contribution in [-0.2, 0) is 0 Å². The van der Waals surface area contributed by atoms with E-state index in [9.17, 15) is 0 Å². The van der Waals surface area contributed by atoms with Crippen molar-refractivity contribution in [2.75, 3.05) is 11.9 Å². The number of nitrogens with one attached hydrogen (secondary N) is 1. The van der Waals surface area contributed by atoms with Gasteiger partial charge in [-0.3, -0.25) is 4.98 Å². The summed E-state index contributed by atoms with van der Waals surface area (Å²) in [5.74, 6) is 0.934. The smallest absolute Gasteiger partial charge is 0.124 e. The third-order valence-electron chi connectivity index (χ3n) is 3.05. The monoisotopic (exact) mass is 271 g/mol. The second-order valence-corrected chi connectivity index (χ2v) is 4.78. The number of thiocarbonyl (C=S) groups is 1. The summed E-state index contributed by atoms with van der Waals surface area (Å²) in [4.78, 5) is 4.42. The first-order valence-electron chi connectivity index (χ1n) is 5.98. The minimum absolute atomic E-state index is 0.137. The van der Waals surface area contributed by atoms with E-state index in [-0.39, 0.29) is 6.04 Å². The molecule has 2 aromatic rings. The predicted octanol–water partition coefficient (Wildman–Crippen LogP) is 2.26. The van der Waals surface area contributed by atoms with Gasteiger partial charge in [0.25, 0.3) is 0 Å². The van der Waals surface area contributed by atoms with Crippen LogP contribution >= 0.6 is 12.2 Å². The number of benzene rings is 1. The highest BCUT2D eigenvalue weighted by Crippen LogP contribution is 2.33. The maximum absolute atomic E-state index is 5.63. The number of aromatic nitrogens is 1. The summed E-state index contributed by atoms with van der Waals surface area (Å²) >= 11 is 4.93. The van der Waals surface area contributed by atoms with E-state index in [1.54, 1.807) is 6.20 Å². The Morgan fingerprint density at radius 3 is 3.05 bits per heavy atom. The van der Waals surface area contributed by atoms with Crippen molar-refractivity contribution >= 4 is 22.9 Å². The minimum Gasteiger partial charge on any atom is -0.491 e. The van der Waals surface area contributed by atoms with Crippen molar-refractivity contribution in [1.82, 2.24) is 4.98 Å². The van der Waals surface area contributed by atoms with Crippen molar-refractivity contribution in [3.05, 3.63) is 53.9 Å². The second-order valence-electron chi connectivity index (χ2n) is 4.34. The summed E-state index contributed by atoms with van der Waals surface area (Å²) in [5.41, 5.74) is 8.30. The number of ether oxygens (including phenoxy) is 1. The summed E-state index contributed by atoms with van der Waals surface area (Å²) in [6.07, 6.45) is 1.69. The molecule has 1 aromatic heterocycles. The van der Waals surface area contributed by atoms with Gasteiger partial charge in [0.2, 0.25) is 0 Å². The first-order chi connectivity index (χ1) is 9.24. The number of nitrogens with two attached hydrogens (primary N) is 1. The van der Waals surface area contributed by atoms with Crippen LogP contribution in [0.1, 0.15) is 17.3 Å². The van der Waals surface area contributed by atoms with Gasteiger partial charge in [0.05, 0.1) is 11.7 Å². The Hall–Kier alpha value is -2.14. The van der Waals surface area contributed by atoms with Gasteiger partial charge in [-0.1, -0.05) is 30.4 Å². The zero-order valence-electron chi connectivity index (χ0n) is 10.2. The summed E-state index contributed by atoms with van der Waals surface area (Å²) < 4.78 is 5.63. The molecule has 2 heterocycles. The molecule has 0 bridgehead atoms. The Balaban J connectivity index is 1.83. The number of pyridine rings is 1. The van der Waals surface area contributed by atoms with Crippen molar-refractivity contribution in [1.29, 1.82) is 0 Å². The van der Waals surface area contributed by atoms with Crippen molar-refractivity contribution in [3.8, 4) is 5.75 Å². The van der Waals surface area contributed by atoms with E-state index >= 15 is 0 Å². The molecule has 3 rings (SSSR count). The lowest BCUT2D eigenvalue weighted by atomic mass is 10.1. The fourth-order valence-corrected chi connectivity index (χ4v) is 2.25. The first-order valence-corrected chi connectivity index (χ1v) is 6.39. The van der Waals surface area contributed by atoms with Crippen LogP contribution in [-0.4, -0.2) is 16.6 Å². The summed E-state index contributed by atoms with van der Waals surface area (Å²) in [6, 6.07) is 11.9. The molecule has 0 amide bonds. The molecular weight excluding hydrogens is 258 g/mol. The van der Waals surface area contributed by atoms with Crippen LogP contribution < -0.4 is 15.8 Å². The number of nitrogens with zero attached hydrogens (tertiary/aromatic N) is 1. The van der Waals surface area contributed by atoms with Gasteiger partial charge in [-0.2, -0.15) is 0 Å². The Labute approximate surface area is 116 Å². The number of fused-ring (bicyclic) bond motifs is 1. The zero-order chi connectivity index (χ0) is 13.2. The van der Waals surface area contributed by atoms with Crippen molar-refractivity contribution in [2.45, 2.75) is 6.04 Å². The van der Waals surface area contributed by atoms with Crippen LogP contribution in [0.2, 0.25) is 0 Å². The van der Waals surface area contributed by atoms with Crippen LogP contribution in [0, 0.1) is 0 Å². The van der Waals surface area contributed by atoms with E-state index in [4.69, 9.17) is 22.7 Å². The third-order valence-corrected chi connectivity index (χ3v) is 3.26. The van der Waals surface area contributed by atoms with Gasteiger partial charge in [0, 0.05) is 17.4 Å².